The van der Waals surface area contributed by atoms with Crippen molar-refractivity contribution in [1.82, 2.24) is 29.8 Å². The zero-order valence-corrected chi connectivity index (χ0v) is 14.7. The molecule has 26 heavy (non-hydrogen) atoms. The van der Waals surface area contributed by atoms with E-state index in [-0.39, 0.29) is 11.7 Å². The maximum absolute atomic E-state index is 12.3. The van der Waals surface area contributed by atoms with E-state index >= 15 is 0 Å². The lowest BCUT2D eigenvalue weighted by Gasteiger charge is -2.07. The van der Waals surface area contributed by atoms with Crippen LogP contribution in [0.1, 0.15) is 0 Å². The molecule has 2 aromatic carbocycles. The molecule has 0 aliphatic heterocycles. The van der Waals surface area contributed by atoms with Crippen LogP contribution < -0.4 is 5.32 Å². The molecule has 0 saturated heterocycles. The molecule has 4 aromatic rings. The van der Waals surface area contributed by atoms with Gasteiger partial charge in [-0.2, -0.15) is 0 Å². The van der Waals surface area contributed by atoms with Crippen LogP contribution in [0.25, 0.3) is 17.0 Å². The van der Waals surface area contributed by atoms with Gasteiger partial charge in [-0.05, 0) is 34.7 Å². The van der Waals surface area contributed by atoms with E-state index in [2.05, 4.69) is 25.8 Å². The first kappa shape index (κ1) is 16.3. The van der Waals surface area contributed by atoms with Crippen LogP contribution in [-0.4, -0.2) is 41.4 Å². The van der Waals surface area contributed by atoms with Gasteiger partial charge >= 0.3 is 0 Å². The van der Waals surface area contributed by atoms with Crippen molar-refractivity contribution in [2.45, 2.75) is 5.16 Å². The molecule has 0 aliphatic rings. The Bertz CT molecular complexity index is 1060. The standard InChI is InChI=1S/C17H15N7OS/c1-23-16(20-21-22-23)24-14-10-6-5-9-13(14)19-17(24)26-11-15(25)18-12-7-3-2-4-8-12/h2-10H,11H2,1H3,(H,18,25). The first-order valence-corrected chi connectivity index (χ1v) is 8.89. The number of amides is 1. The van der Waals surface area contributed by atoms with Gasteiger partial charge in [0.05, 0.1) is 16.8 Å². The minimum atomic E-state index is -0.101. The van der Waals surface area contributed by atoms with E-state index in [1.54, 1.807) is 11.7 Å². The van der Waals surface area contributed by atoms with Crippen molar-refractivity contribution in [3.8, 4) is 5.95 Å². The second-order valence-electron chi connectivity index (χ2n) is 5.52. The number of imidazole rings is 1. The Balaban J connectivity index is 1.60. The normalized spacial score (nSPS) is 11.0. The summed E-state index contributed by atoms with van der Waals surface area (Å²) < 4.78 is 3.43. The van der Waals surface area contributed by atoms with Crippen LogP contribution in [0.2, 0.25) is 0 Å². The van der Waals surface area contributed by atoms with E-state index in [0.29, 0.717) is 11.1 Å². The zero-order chi connectivity index (χ0) is 17.9. The summed E-state index contributed by atoms with van der Waals surface area (Å²) in [5.41, 5.74) is 2.47. The second kappa shape index (κ2) is 6.96. The van der Waals surface area contributed by atoms with Crippen LogP contribution in [0.4, 0.5) is 5.69 Å². The molecule has 0 fully saturated rings. The minimum Gasteiger partial charge on any atom is -0.325 e. The van der Waals surface area contributed by atoms with Crippen LogP contribution in [-0.2, 0) is 11.8 Å². The molecule has 0 radical (unpaired) electrons. The summed E-state index contributed by atoms with van der Waals surface area (Å²) in [6.07, 6.45) is 0. The Morgan fingerprint density at radius 2 is 1.88 bits per heavy atom. The molecule has 4 rings (SSSR count). The first-order valence-electron chi connectivity index (χ1n) is 7.90. The number of anilines is 1. The van der Waals surface area contributed by atoms with Gasteiger partial charge in [-0.25, -0.2) is 9.67 Å². The van der Waals surface area contributed by atoms with Crippen LogP contribution in [0.3, 0.4) is 0 Å². The fourth-order valence-corrected chi connectivity index (χ4v) is 3.36. The number of nitrogens with one attached hydrogen (secondary N) is 1. The molecule has 130 valence electrons. The van der Waals surface area contributed by atoms with Crippen molar-refractivity contribution in [1.29, 1.82) is 0 Å². The second-order valence-corrected chi connectivity index (χ2v) is 6.47. The zero-order valence-electron chi connectivity index (χ0n) is 13.9. The van der Waals surface area contributed by atoms with Crippen LogP contribution in [0, 0.1) is 0 Å². The molecule has 0 atom stereocenters. The molecule has 0 unspecified atom stereocenters. The summed E-state index contributed by atoms with van der Waals surface area (Å²) in [7, 11) is 1.76. The average molecular weight is 365 g/mol. The number of rotatable bonds is 5. The molecule has 8 nitrogen and oxygen atoms in total. The number of hydrogen-bond donors (Lipinski definition) is 1. The summed E-state index contributed by atoms with van der Waals surface area (Å²) >= 11 is 1.34. The van der Waals surface area contributed by atoms with Crippen molar-refractivity contribution in [2.75, 3.05) is 11.1 Å². The summed E-state index contributed by atoms with van der Waals surface area (Å²) in [5, 5.41) is 15.2. The lowest BCUT2D eigenvalue weighted by Crippen LogP contribution is -2.14. The van der Waals surface area contributed by atoms with Crippen molar-refractivity contribution in [3.05, 3.63) is 54.6 Å². The van der Waals surface area contributed by atoms with Crippen molar-refractivity contribution < 1.29 is 4.79 Å². The number of nitrogens with zero attached hydrogens (tertiary/aromatic N) is 6. The molecule has 9 heteroatoms. The van der Waals surface area contributed by atoms with E-state index in [1.165, 1.54) is 11.8 Å². The number of hydrogen-bond acceptors (Lipinski definition) is 6. The Morgan fingerprint density at radius 1 is 1.12 bits per heavy atom. The van der Waals surface area contributed by atoms with Crippen LogP contribution in [0.15, 0.2) is 59.8 Å². The topological polar surface area (TPSA) is 90.5 Å². The molecule has 1 N–H and O–H groups in total. The number of para-hydroxylation sites is 3. The molecule has 0 aliphatic carbocycles. The van der Waals surface area contributed by atoms with Gasteiger partial charge in [0.1, 0.15) is 0 Å². The number of benzene rings is 2. The molecule has 0 bridgehead atoms. The summed E-state index contributed by atoms with van der Waals surface area (Å²) in [4.78, 5) is 16.9. The highest BCUT2D eigenvalue weighted by Crippen LogP contribution is 2.26. The smallest absolute Gasteiger partial charge is 0.256 e. The van der Waals surface area contributed by atoms with Gasteiger partial charge in [0.25, 0.3) is 5.95 Å². The highest BCUT2D eigenvalue weighted by atomic mass is 32.2. The number of carbonyl (C=O) groups is 1. The predicted molar refractivity (Wildman–Crippen MR) is 99.2 cm³/mol. The van der Waals surface area contributed by atoms with E-state index in [1.807, 2.05) is 59.2 Å². The molecule has 0 saturated carbocycles. The van der Waals surface area contributed by atoms with Gasteiger partial charge in [-0.15, -0.1) is 0 Å². The Kier molecular flexibility index (Phi) is 4.36. The van der Waals surface area contributed by atoms with Gasteiger partial charge in [-0.1, -0.05) is 47.2 Å². The maximum Gasteiger partial charge on any atom is 0.256 e. The Morgan fingerprint density at radius 3 is 2.65 bits per heavy atom. The lowest BCUT2D eigenvalue weighted by atomic mass is 10.3. The van der Waals surface area contributed by atoms with Gasteiger partial charge in [0.15, 0.2) is 5.16 Å². The summed E-state index contributed by atoms with van der Waals surface area (Å²) in [6.45, 7) is 0. The number of aryl methyl sites for hydroxylation is 1. The van der Waals surface area contributed by atoms with E-state index < -0.39 is 0 Å². The molecule has 0 spiro atoms. The molecule has 2 aromatic heterocycles. The highest BCUT2D eigenvalue weighted by molar-refractivity contribution is 7.99. The molecule has 1 amide bonds. The van der Waals surface area contributed by atoms with Crippen LogP contribution >= 0.6 is 11.8 Å². The van der Waals surface area contributed by atoms with Gasteiger partial charge < -0.3 is 5.32 Å². The van der Waals surface area contributed by atoms with Crippen molar-refractivity contribution in [2.24, 2.45) is 7.05 Å². The average Bonchev–Trinajstić information content (AvgIpc) is 3.23. The van der Waals surface area contributed by atoms with Gasteiger partial charge in [-0.3, -0.25) is 9.36 Å². The number of aromatic nitrogens is 6. The number of tetrazole rings is 1. The Hall–Kier alpha value is -3.20. The molecule has 2 heterocycles. The maximum atomic E-state index is 12.3. The minimum absolute atomic E-state index is 0.101. The SMILES string of the molecule is Cn1nnnc1-n1c(SCC(=O)Nc2ccccc2)nc2ccccc21. The summed E-state index contributed by atoms with van der Waals surface area (Å²) in [5.74, 6) is 0.671. The van der Waals surface area contributed by atoms with E-state index in [4.69, 9.17) is 0 Å². The number of thioether (sulfide) groups is 1. The third-order valence-corrected chi connectivity index (χ3v) is 4.66. The fourth-order valence-electron chi connectivity index (χ4n) is 2.56. The van der Waals surface area contributed by atoms with Gasteiger partial charge in [0.2, 0.25) is 5.91 Å². The Labute approximate surface area is 153 Å². The van der Waals surface area contributed by atoms with Gasteiger partial charge in [0, 0.05) is 12.7 Å². The largest absolute Gasteiger partial charge is 0.325 e. The quantitative estimate of drug-likeness (QED) is 0.546. The van der Waals surface area contributed by atoms with Crippen molar-refractivity contribution in [3.63, 3.8) is 0 Å². The van der Waals surface area contributed by atoms with E-state index in [0.717, 1.165) is 16.7 Å². The summed E-state index contributed by atoms with van der Waals surface area (Å²) in [6, 6.07) is 17.1. The monoisotopic (exact) mass is 365 g/mol. The predicted octanol–water partition coefficient (Wildman–Crippen LogP) is 2.28. The molecular formula is C17H15N7OS. The first-order chi connectivity index (χ1) is 12.7. The third-order valence-electron chi connectivity index (χ3n) is 3.72. The number of carbonyl (C=O) groups excluding carboxylic acids is 1. The van der Waals surface area contributed by atoms with Crippen LogP contribution in [0.5, 0.6) is 0 Å². The van der Waals surface area contributed by atoms with Crippen molar-refractivity contribution >= 4 is 34.4 Å². The number of fused-ring (bicyclic) bond motifs is 1. The third kappa shape index (κ3) is 3.16. The lowest BCUT2D eigenvalue weighted by molar-refractivity contribution is -0.113. The van der Waals surface area contributed by atoms with E-state index in [9.17, 15) is 4.79 Å². The highest BCUT2D eigenvalue weighted by Gasteiger charge is 2.18. The fraction of sp³-hybridized carbons (Fsp3) is 0.118. The molecular weight excluding hydrogens is 350 g/mol.